The molecule has 0 saturated heterocycles. The summed E-state index contributed by atoms with van der Waals surface area (Å²) in [5.41, 5.74) is -0.898. The number of hydrogen-bond acceptors (Lipinski definition) is 4. The van der Waals surface area contributed by atoms with E-state index in [-0.39, 0.29) is 12.2 Å². The lowest BCUT2D eigenvalue weighted by molar-refractivity contribution is -0.138. The minimum Gasteiger partial charge on any atom is -0.486 e. The standard InChI is InChI=1S/C19H15F3N2O3/c1-24-11-10-23-17(24)12-26-14-8-6-13(7-9-14)18(25)27-16-5-3-2-4-15(16)19(20,21)22/h2-11H,12H2,1H3. The van der Waals surface area contributed by atoms with Gasteiger partial charge < -0.3 is 14.0 Å². The normalized spacial score (nSPS) is 11.3. The molecule has 0 unspecified atom stereocenters. The number of aromatic nitrogens is 2. The topological polar surface area (TPSA) is 53.4 Å². The number of esters is 1. The van der Waals surface area contributed by atoms with Crippen molar-refractivity contribution in [1.82, 2.24) is 9.55 Å². The fourth-order valence-corrected chi connectivity index (χ4v) is 2.32. The van der Waals surface area contributed by atoms with Gasteiger partial charge in [-0.2, -0.15) is 13.2 Å². The Balaban J connectivity index is 1.67. The van der Waals surface area contributed by atoms with Gasteiger partial charge in [-0.3, -0.25) is 0 Å². The second-order valence-corrected chi connectivity index (χ2v) is 5.65. The number of imidazole rings is 1. The lowest BCUT2D eigenvalue weighted by atomic mass is 10.2. The molecule has 0 aliphatic heterocycles. The first-order valence-corrected chi connectivity index (χ1v) is 7.92. The molecule has 8 heteroatoms. The van der Waals surface area contributed by atoms with Crippen LogP contribution in [0.2, 0.25) is 0 Å². The number of carbonyl (C=O) groups excluding carboxylic acids is 1. The number of rotatable bonds is 5. The van der Waals surface area contributed by atoms with Crippen molar-refractivity contribution in [3.8, 4) is 11.5 Å². The Morgan fingerprint density at radius 2 is 1.81 bits per heavy atom. The van der Waals surface area contributed by atoms with E-state index >= 15 is 0 Å². The molecule has 1 heterocycles. The molecule has 5 nitrogen and oxygen atoms in total. The van der Waals surface area contributed by atoms with E-state index in [0.29, 0.717) is 5.75 Å². The zero-order valence-corrected chi connectivity index (χ0v) is 14.2. The fraction of sp³-hybridized carbons (Fsp3) is 0.158. The summed E-state index contributed by atoms with van der Waals surface area (Å²) in [6.07, 6.45) is -1.17. The molecule has 0 saturated carbocycles. The van der Waals surface area contributed by atoms with Crippen LogP contribution >= 0.6 is 0 Å². The van der Waals surface area contributed by atoms with Crippen LogP contribution in [0.15, 0.2) is 60.9 Å². The zero-order valence-electron chi connectivity index (χ0n) is 14.2. The molecule has 2 aromatic carbocycles. The van der Waals surface area contributed by atoms with Gasteiger partial charge in [-0.05, 0) is 36.4 Å². The number of ether oxygens (including phenoxy) is 2. The van der Waals surface area contributed by atoms with E-state index in [9.17, 15) is 18.0 Å². The van der Waals surface area contributed by atoms with Crippen LogP contribution in [0.5, 0.6) is 11.5 Å². The number of halogens is 3. The quantitative estimate of drug-likeness (QED) is 0.494. The Morgan fingerprint density at radius 1 is 1.11 bits per heavy atom. The van der Waals surface area contributed by atoms with Crippen LogP contribution < -0.4 is 9.47 Å². The van der Waals surface area contributed by atoms with Crippen molar-refractivity contribution in [2.24, 2.45) is 7.05 Å². The van der Waals surface area contributed by atoms with Crippen molar-refractivity contribution in [2.75, 3.05) is 0 Å². The van der Waals surface area contributed by atoms with Gasteiger partial charge in [0.25, 0.3) is 0 Å². The summed E-state index contributed by atoms with van der Waals surface area (Å²) in [4.78, 5) is 16.3. The van der Waals surface area contributed by atoms with Crippen LogP contribution in [0, 0.1) is 0 Å². The van der Waals surface area contributed by atoms with E-state index in [4.69, 9.17) is 9.47 Å². The molecular formula is C19H15F3N2O3. The molecular weight excluding hydrogens is 361 g/mol. The summed E-state index contributed by atoms with van der Waals surface area (Å²) in [5.74, 6) is -0.208. The van der Waals surface area contributed by atoms with Crippen LogP contribution in [0.1, 0.15) is 21.7 Å². The molecule has 27 heavy (non-hydrogen) atoms. The van der Waals surface area contributed by atoms with Gasteiger partial charge in [0.15, 0.2) is 0 Å². The van der Waals surface area contributed by atoms with Gasteiger partial charge in [0.1, 0.15) is 23.9 Å². The van der Waals surface area contributed by atoms with E-state index in [2.05, 4.69) is 4.98 Å². The van der Waals surface area contributed by atoms with Crippen molar-refractivity contribution in [3.63, 3.8) is 0 Å². The maximum absolute atomic E-state index is 13.0. The second-order valence-electron chi connectivity index (χ2n) is 5.65. The predicted octanol–water partition coefficient (Wildman–Crippen LogP) is 4.24. The van der Waals surface area contributed by atoms with Gasteiger partial charge in [-0.15, -0.1) is 0 Å². The number of nitrogens with zero attached hydrogens (tertiary/aromatic N) is 2. The number of hydrogen-bond donors (Lipinski definition) is 0. The molecule has 0 bridgehead atoms. The first kappa shape index (κ1) is 18.5. The highest BCUT2D eigenvalue weighted by Crippen LogP contribution is 2.36. The molecule has 0 fully saturated rings. The molecule has 1 aromatic heterocycles. The Kier molecular flexibility index (Phi) is 5.16. The van der Waals surface area contributed by atoms with Gasteiger partial charge in [0.2, 0.25) is 0 Å². The van der Waals surface area contributed by atoms with Gasteiger partial charge in [0.05, 0.1) is 11.1 Å². The first-order chi connectivity index (χ1) is 12.8. The highest BCUT2D eigenvalue weighted by atomic mass is 19.4. The Labute approximate surface area is 153 Å². The minimum absolute atomic E-state index is 0.108. The number of carbonyl (C=O) groups is 1. The molecule has 0 amide bonds. The highest BCUT2D eigenvalue weighted by Gasteiger charge is 2.34. The van der Waals surface area contributed by atoms with Gasteiger partial charge in [-0.25, -0.2) is 9.78 Å². The van der Waals surface area contributed by atoms with Crippen molar-refractivity contribution < 1.29 is 27.4 Å². The van der Waals surface area contributed by atoms with Crippen molar-refractivity contribution >= 4 is 5.97 Å². The molecule has 0 N–H and O–H groups in total. The average molecular weight is 376 g/mol. The molecule has 3 rings (SSSR count). The van der Waals surface area contributed by atoms with Crippen molar-refractivity contribution in [3.05, 3.63) is 77.9 Å². The van der Waals surface area contributed by atoms with Crippen molar-refractivity contribution in [2.45, 2.75) is 12.8 Å². The van der Waals surface area contributed by atoms with Crippen LogP contribution in [0.3, 0.4) is 0 Å². The molecule has 0 radical (unpaired) electrons. The number of alkyl halides is 3. The zero-order chi connectivity index (χ0) is 19.4. The third kappa shape index (κ3) is 4.46. The monoisotopic (exact) mass is 376 g/mol. The van der Waals surface area contributed by atoms with Gasteiger partial charge in [-0.1, -0.05) is 12.1 Å². The van der Waals surface area contributed by atoms with E-state index in [1.54, 1.807) is 12.4 Å². The van der Waals surface area contributed by atoms with Crippen LogP contribution in [-0.2, 0) is 19.8 Å². The summed E-state index contributed by atoms with van der Waals surface area (Å²) < 4.78 is 51.2. The SMILES string of the molecule is Cn1ccnc1COc1ccc(C(=O)Oc2ccccc2C(F)(F)F)cc1. The summed E-state index contributed by atoms with van der Waals surface area (Å²) >= 11 is 0. The Hall–Kier alpha value is -3.29. The van der Waals surface area contributed by atoms with Crippen LogP contribution in [0.25, 0.3) is 0 Å². The van der Waals surface area contributed by atoms with E-state index in [0.717, 1.165) is 18.0 Å². The summed E-state index contributed by atoms with van der Waals surface area (Å²) in [5, 5.41) is 0. The third-order valence-electron chi connectivity index (χ3n) is 3.77. The summed E-state index contributed by atoms with van der Waals surface area (Å²) in [6, 6.07) is 10.5. The molecule has 0 spiro atoms. The first-order valence-electron chi connectivity index (χ1n) is 7.92. The van der Waals surface area contributed by atoms with Gasteiger partial charge >= 0.3 is 12.1 Å². The Bertz CT molecular complexity index is 934. The van der Waals surface area contributed by atoms with Crippen LogP contribution in [-0.4, -0.2) is 15.5 Å². The van der Waals surface area contributed by atoms with Gasteiger partial charge in [0, 0.05) is 19.4 Å². The maximum Gasteiger partial charge on any atom is 0.419 e. The largest absolute Gasteiger partial charge is 0.486 e. The molecule has 140 valence electrons. The lowest BCUT2D eigenvalue weighted by Crippen LogP contribution is -2.13. The molecule has 3 aromatic rings. The second kappa shape index (κ2) is 7.53. The van der Waals surface area contributed by atoms with Crippen molar-refractivity contribution in [1.29, 1.82) is 0 Å². The average Bonchev–Trinajstić information content (AvgIpc) is 3.05. The molecule has 0 aliphatic carbocycles. The predicted molar refractivity (Wildman–Crippen MR) is 90.4 cm³/mol. The number of aryl methyl sites for hydroxylation is 1. The number of benzene rings is 2. The summed E-state index contributed by atoms with van der Waals surface area (Å²) in [6.45, 7) is 0.242. The maximum atomic E-state index is 13.0. The number of para-hydroxylation sites is 1. The Morgan fingerprint density at radius 3 is 2.44 bits per heavy atom. The van der Waals surface area contributed by atoms with E-state index in [1.165, 1.54) is 36.4 Å². The molecule has 0 aliphatic rings. The highest BCUT2D eigenvalue weighted by molar-refractivity contribution is 5.91. The third-order valence-corrected chi connectivity index (χ3v) is 3.77. The minimum atomic E-state index is -4.61. The lowest BCUT2D eigenvalue weighted by Gasteiger charge is -2.12. The van der Waals surface area contributed by atoms with Crippen LogP contribution in [0.4, 0.5) is 13.2 Å². The smallest absolute Gasteiger partial charge is 0.419 e. The van der Waals surface area contributed by atoms with E-state index < -0.39 is 23.5 Å². The molecule has 0 atom stereocenters. The van der Waals surface area contributed by atoms with E-state index in [1.807, 2.05) is 11.6 Å². The fourth-order valence-electron chi connectivity index (χ4n) is 2.32. The summed E-state index contributed by atoms with van der Waals surface area (Å²) in [7, 11) is 1.84.